The van der Waals surface area contributed by atoms with E-state index in [2.05, 4.69) is 0 Å². The van der Waals surface area contributed by atoms with Crippen LogP contribution in [-0.4, -0.2) is 39.6 Å². The van der Waals surface area contributed by atoms with Gasteiger partial charge in [0.15, 0.2) is 0 Å². The fourth-order valence-corrected chi connectivity index (χ4v) is 4.18. The molecule has 0 spiro atoms. The summed E-state index contributed by atoms with van der Waals surface area (Å²) in [4.78, 5) is 14.3. The molecule has 2 aromatic rings. The summed E-state index contributed by atoms with van der Waals surface area (Å²) in [5.74, 6) is 1.10. The largest absolute Gasteiger partial charge is 0.337 e. The molecule has 24 heavy (non-hydrogen) atoms. The zero-order valence-electron chi connectivity index (χ0n) is 13.2. The predicted molar refractivity (Wildman–Crippen MR) is 100 cm³/mol. The Balaban J connectivity index is 1.80. The Morgan fingerprint density at radius 2 is 1.54 bits per heavy atom. The number of hydrogen-bond donors (Lipinski definition) is 0. The molecule has 0 N–H and O–H groups in total. The van der Waals surface area contributed by atoms with Crippen molar-refractivity contribution in [3.05, 3.63) is 57.6 Å². The fraction of sp³-hybridized carbons (Fsp3) is 0.278. The van der Waals surface area contributed by atoms with Gasteiger partial charge in [-0.15, -0.1) is 0 Å². The summed E-state index contributed by atoms with van der Waals surface area (Å²) < 4.78 is 11.4. The third kappa shape index (κ3) is 3.66. The standard InChI is InChI=1S/C18H17Cl2NO2S/c1-12-16(19)10-15(11-17(12)20)13-2-4-14(5-3-13)18(22)21-6-8-24(23)9-7-21/h2-5,10-11H,6-9H2,1H3. The number of rotatable bonds is 2. The zero-order valence-corrected chi connectivity index (χ0v) is 15.5. The molecule has 1 aliphatic heterocycles. The lowest BCUT2D eigenvalue weighted by Crippen LogP contribution is -2.41. The van der Waals surface area contributed by atoms with E-state index in [-0.39, 0.29) is 5.91 Å². The van der Waals surface area contributed by atoms with Crippen LogP contribution in [0, 0.1) is 6.92 Å². The maximum Gasteiger partial charge on any atom is 0.253 e. The van der Waals surface area contributed by atoms with Gasteiger partial charge in [0.2, 0.25) is 0 Å². The Kier molecular flexibility index (Phi) is 5.28. The van der Waals surface area contributed by atoms with E-state index in [1.165, 1.54) is 0 Å². The molecular weight excluding hydrogens is 365 g/mol. The first kappa shape index (κ1) is 17.5. The number of hydrogen-bond acceptors (Lipinski definition) is 2. The normalized spacial score (nSPS) is 15.5. The van der Waals surface area contributed by atoms with Crippen molar-refractivity contribution in [3.63, 3.8) is 0 Å². The van der Waals surface area contributed by atoms with Gasteiger partial charge in [0, 0.05) is 51.0 Å². The highest BCUT2D eigenvalue weighted by atomic mass is 35.5. The van der Waals surface area contributed by atoms with Crippen LogP contribution in [0.25, 0.3) is 11.1 Å². The van der Waals surface area contributed by atoms with Gasteiger partial charge in [-0.1, -0.05) is 35.3 Å². The average molecular weight is 382 g/mol. The van der Waals surface area contributed by atoms with Gasteiger partial charge in [0.25, 0.3) is 5.91 Å². The molecule has 3 nitrogen and oxygen atoms in total. The Bertz CT molecular complexity index is 772. The Labute approximate surface area is 154 Å². The molecule has 0 radical (unpaired) electrons. The lowest BCUT2D eigenvalue weighted by molar-refractivity contribution is 0.0771. The molecule has 0 bridgehead atoms. The van der Waals surface area contributed by atoms with Gasteiger partial charge in [0.1, 0.15) is 0 Å². The molecular formula is C18H17Cl2NO2S. The van der Waals surface area contributed by atoms with Crippen molar-refractivity contribution in [1.82, 2.24) is 4.90 Å². The van der Waals surface area contributed by atoms with Gasteiger partial charge >= 0.3 is 0 Å². The summed E-state index contributed by atoms with van der Waals surface area (Å²) in [5.41, 5.74) is 3.37. The molecule has 1 aliphatic rings. The third-order valence-electron chi connectivity index (χ3n) is 4.21. The lowest BCUT2D eigenvalue weighted by atomic mass is 10.0. The SMILES string of the molecule is Cc1c(Cl)cc(-c2ccc(C(=O)N3CCS(=O)CC3)cc2)cc1Cl. The number of carbonyl (C=O) groups is 1. The second-order valence-electron chi connectivity index (χ2n) is 5.78. The second kappa shape index (κ2) is 7.26. The van der Waals surface area contributed by atoms with Crippen molar-refractivity contribution in [2.24, 2.45) is 0 Å². The molecule has 3 rings (SSSR count). The monoisotopic (exact) mass is 381 g/mol. The summed E-state index contributed by atoms with van der Waals surface area (Å²) in [6, 6.07) is 11.2. The van der Waals surface area contributed by atoms with Crippen LogP contribution in [-0.2, 0) is 10.8 Å². The van der Waals surface area contributed by atoms with Crippen LogP contribution in [0.3, 0.4) is 0 Å². The topological polar surface area (TPSA) is 37.4 Å². The van der Waals surface area contributed by atoms with Crippen LogP contribution >= 0.6 is 23.2 Å². The molecule has 1 amide bonds. The summed E-state index contributed by atoms with van der Waals surface area (Å²) in [6.07, 6.45) is 0. The van der Waals surface area contributed by atoms with Crippen LogP contribution in [0.5, 0.6) is 0 Å². The Morgan fingerprint density at radius 1 is 1.00 bits per heavy atom. The maximum absolute atomic E-state index is 12.5. The number of amides is 1. The van der Waals surface area contributed by atoms with Gasteiger partial charge in [-0.05, 0) is 47.9 Å². The molecule has 126 valence electrons. The van der Waals surface area contributed by atoms with E-state index in [1.807, 2.05) is 43.3 Å². The van der Waals surface area contributed by atoms with Crippen LogP contribution in [0.15, 0.2) is 36.4 Å². The highest BCUT2D eigenvalue weighted by molar-refractivity contribution is 7.85. The van der Waals surface area contributed by atoms with E-state index in [1.54, 1.807) is 4.90 Å². The number of halogens is 2. The van der Waals surface area contributed by atoms with Crippen LogP contribution < -0.4 is 0 Å². The fourth-order valence-electron chi connectivity index (χ4n) is 2.64. The Morgan fingerprint density at radius 3 is 2.08 bits per heavy atom. The average Bonchev–Trinajstić information content (AvgIpc) is 2.59. The summed E-state index contributed by atoms with van der Waals surface area (Å²) in [6.45, 7) is 2.98. The van der Waals surface area contributed by atoms with Crippen LogP contribution in [0.4, 0.5) is 0 Å². The second-order valence-corrected chi connectivity index (χ2v) is 8.29. The number of benzene rings is 2. The van der Waals surface area contributed by atoms with Crippen molar-refractivity contribution in [3.8, 4) is 11.1 Å². The van der Waals surface area contributed by atoms with E-state index < -0.39 is 10.8 Å². The molecule has 0 saturated carbocycles. The minimum absolute atomic E-state index is 0.0155. The van der Waals surface area contributed by atoms with Crippen molar-refractivity contribution in [1.29, 1.82) is 0 Å². The minimum Gasteiger partial charge on any atom is -0.337 e. The van der Waals surface area contributed by atoms with Crippen molar-refractivity contribution < 1.29 is 9.00 Å². The van der Waals surface area contributed by atoms with Gasteiger partial charge in [-0.3, -0.25) is 9.00 Å². The molecule has 0 atom stereocenters. The molecule has 1 fully saturated rings. The first-order valence-corrected chi connectivity index (χ1v) is 9.90. The lowest BCUT2D eigenvalue weighted by Gasteiger charge is -2.26. The maximum atomic E-state index is 12.5. The van der Waals surface area contributed by atoms with E-state index in [4.69, 9.17) is 23.2 Å². The molecule has 1 saturated heterocycles. The van der Waals surface area contributed by atoms with Gasteiger partial charge < -0.3 is 4.90 Å². The van der Waals surface area contributed by atoms with E-state index >= 15 is 0 Å². The quantitative estimate of drug-likeness (QED) is 0.782. The Hall–Kier alpha value is -1.36. The van der Waals surface area contributed by atoms with Crippen LogP contribution in [0.1, 0.15) is 15.9 Å². The number of carbonyl (C=O) groups excluding carboxylic acids is 1. The van der Waals surface area contributed by atoms with Gasteiger partial charge in [0.05, 0.1) is 0 Å². The molecule has 1 heterocycles. The minimum atomic E-state index is -0.788. The van der Waals surface area contributed by atoms with Crippen molar-refractivity contribution in [2.75, 3.05) is 24.6 Å². The molecule has 6 heteroatoms. The van der Waals surface area contributed by atoms with E-state index in [0.29, 0.717) is 40.2 Å². The van der Waals surface area contributed by atoms with Gasteiger partial charge in [-0.2, -0.15) is 0 Å². The van der Waals surface area contributed by atoms with Crippen LogP contribution in [0.2, 0.25) is 10.0 Å². The van der Waals surface area contributed by atoms with E-state index in [0.717, 1.165) is 16.7 Å². The summed E-state index contributed by atoms with van der Waals surface area (Å²) >= 11 is 12.4. The third-order valence-corrected chi connectivity index (χ3v) is 6.27. The molecule has 0 unspecified atom stereocenters. The summed E-state index contributed by atoms with van der Waals surface area (Å²) in [5, 5.41) is 1.25. The summed E-state index contributed by atoms with van der Waals surface area (Å²) in [7, 11) is -0.788. The van der Waals surface area contributed by atoms with E-state index in [9.17, 15) is 9.00 Å². The highest BCUT2D eigenvalue weighted by Gasteiger charge is 2.21. The first-order valence-electron chi connectivity index (χ1n) is 7.66. The highest BCUT2D eigenvalue weighted by Crippen LogP contribution is 2.31. The molecule has 0 aromatic heterocycles. The molecule has 0 aliphatic carbocycles. The first-order chi connectivity index (χ1) is 11.5. The smallest absolute Gasteiger partial charge is 0.253 e. The molecule has 2 aromatic carbocycles. The van der Waals surface area contributed by atoms with Gasteiger partial charge in [-0.25, -0.2) is 0 Å². The van der Waals surface area contributed by atoms with Crippen molar-refractivity contribution >= 4 is 39.9 Å². The number of nitrogens with zero attached hydrogens (tertiary/aromatic N) is 1. The van der Waals surface area contributed by atoms with Crippen molar-refractivity contribution in [2.45, 2.75) is 6.92 Å². The zero-order chi connectivity index (χ0) is 17.3. The predicted octanol–water partition coefficient (Wildman–Crippen LogP) is 4.17.